The van der Waals surface area contributed by atoms with Crippen molar-refractivity contribution in [2.24, 2.45) is 0 Å². The van der Waals surface area contributed by atoms with Crippen molar-refractivity contribution in [3.63, 3.8) is 0 Å². The second-order valence-electron chi connectivity index (χ2n) is 3.93. The first-order chi connectivity index (χ1) is 6.81. The summed E-state index contributed by atoms with van der Waals surface area (Å²) in [6.07, 6.45) is 2.16. The Morgan fingerprint density at radius 1 is 1.50 bits per heavy atom. The lowest BCUT2D eigenvalue weighted by Crippen LogP contribution is -2.27. The smallest absolute Gasteiger partial charge is 0.160 e. The molecule has 0 aromatic heterocycles. The third-order valence-electron chi connectivity index (χ3n) is 2.76. The summed E-state index contributed by atoms with van der Waals surface area (Å²) >= 11 is 0. The summed E-state index contributed by atoms with van der Waals surface area (Å²) in [6, 6.07) is 0. The van der Waals surface area contributed by atoms with Gasteiger partial charge >= 0.3 is 0 Å². The van der Waals surface area contributed by atoms with E-state index in [-0.39, 0.29) is 18.5 Å². The number of hydrogen-bond acceptors (Lipinski definition) is 4. The molecule has 0 aromatic carbocycles. The predicted octanol–water partition coefficient (Wildman–Crippen LogP) is 0.678. The van der Waals surface area contributed by atoms with Gasteiger partial charge in [0.2, 0.25) is 0 Å². The molecule has 4 heteroatoms. The standard InChI is InChI=1S/C10H18O4/c1-2-3-4-12-9-5-8-10(14-9)7(11)6-13-8/h7-11H,2-6H2,1H3/t7-,8-,9?,10-/m1/s1. The van der Waals surface area contributed by atoms with Crippen molar-refractivity contribution in [2.45, 2.75) is 50.8 Å². The molecule has 0 aliphatic carbocycles. The average molecular weight is 202 g/mol. The normalized spacial score (nSPS) is 41.6. The molecule has 82 valence electrons. The van der Waals surface area contributed by atoms with Crippen LogP contribution in [0.1, 0.15) is 26.2 Å². The fourth-order valence-corrected chi connectivity index (χ4v) is 1.93. The van der Waals surface area contributed by atoms with Crippen LogP contribution in [0.15, 0.2) is 0 Å². The van der Waals surface area contributed by atoms with Crippen LogP contribution >= 0.6 is 0 Å². The topological polar surface area (TPSA) is 47.9 Å². The van der Waals surface area contributed by atoms with Gasteiger partial charge in [0.15, 0.2) is 6.29 Å². The van der Waals surface area contributed by atoms with Crippen molar-refractivity contribution < 1.29 is 19.3 Å². The summed E-state index contributed by atoms with van der Waals surface area (Å²) in [6.45, 7) is 3.26. The number of aliphatic hydroxyl groups is 1. The first-order valence-corrected chi connectivity index (χ1v) is 5.38. The maximum atomic E-state index is 9.48. The van der Waals surface area contributed by atoms with E-state index in [1.54, 1.807) is 0 Å². The molecular formula is C10H18O4. The van der Waals surface area contributed by atoms with Gasteiger partial charge in [-0.05, 0) is 6.42 Å². The van der Waals surface area contributed by atoms with Gasteiger partial charge < -0.3 is 19.3 Å². The molecule has 0 amide bonds. The maximum Gasteiger partial charge on any atom is 0.160 e. The molecular weight excluding hydrogens is 184 g/mol. The van der Waals surface area contributed by atoms with Crippen molar-refractivity contribution in [1.82, 2.24) is 0 Å². The number of ether oxygens (including phenoxy) is 3. The third-order valence-corrected chi connectivity index (χ3v) is 2.76. The van der Waals surface area contributed by atoms with Crippen LogP contribution < -0.4 is 0 Å². The summed E-state index contributed by atoms with van der Waals surface area (Å²) < 4.78 is 16.4. The molecule has 2 heterocycles. The second-order valence-corrected chi connectivity index (χ2v) is 3.93. The number of aliphatic hydroxyl groups excluding tert-OH is 1. The van der Waals surface area contributed by atoms with Crippen molar-refractivity contribution in [3.05, 3.63) is 0 Å². The van der Waals surface area contributed by atoms with E-state index < -0.39 is 6.10 Å². The highest BCUT2D eigenvalue weighted by Gasteiger charge is 2.45. The van der Waals surface area contributed by atoms with Gasteiger partial charge in [-0.2, -0.15) is 0 Å². The van der Waals surface area contributed by atoms with Crippen LogP contribution in [0.3, 0.4) is 0 Å². The summed E-state index contributed by atoms with van der Waals surface area (Å²) in [4.78, 5) is 0. The van der Waals surface area contributed by atoms with E-state index in [2.05, 4.69) is 6.92 Å². The molecule has 0 aromatic rings. The highest BCUT2D eigenvalue weighted by molar-refractivity contribution is 4.90. The number of unbranched alkanes of at least 4 members (excludes halogenated alkanes) is 1. The molecule has 2 fully saturated rings. The number of hydrogen-bond donors (Lipinski definition) is 1. The quantitative estimate of drug-likeness (QED) is 0.681. The summed E-state index contributed by atoms with van der Waals surface area (Å²) in [5.74, 6) is 0. The van der Waals surface area contributed by atoms with Crippen LogP contribution in [0.4, 0.5) is 0 Å². The van der Waals surface area contributed by atoms with Crippen LogP contribution in [0, 0.1) is 0 Å². The molecule has 0 saturated carbocycles. The first-order valence-electron chi connectivity index (χ1n) is 5.38. The zero-order valence-electron chi connectivity index (χ0n) is 8.52. The van der Waals surface area contributed by atoms with E-state index in [9.17, 15) is 5.11 Å². The van der Waals surface area contributed by atoms with Gasteiger partial charge in [-0.3, -0.25) is 0 Å². The minimum Gasteiger partial charge on any atom is -0.388 e. The molecule has 2 saturated heterocycles. The van der Waals surface area contributed by atoms with Crippen molar-refractivity contribution in [3.8, 4) is 0 Å². The summed E-state index contributed by atoms with van der Waals surface area (Å²) in [5, 5.41) is 9.48. The highest BCUT2D eigenvalue weighted by atomic mass is 16.7. The lowest BCUT2D eigenvalue weighted by Gasteiger charge is -2.14. The second kappa shape index (κ2) is 4.57. The largest absolute Gasteiger partial charge is 0.388 e. The van der Waals surface area contributed by atoms with Crippen LogP contribution in [0.25, 0.3) is 0 Å². The van der Waals surface area contributed by atoms with E-state index in [0.29, 0.717) is 6.61 Å². The first kappa shape index (κ1) is 10.4. The molecule has 0 radical (unpaired) electrons. The minimum atomic E-state index is -0.472. The van der Waals surface area contributed by atoms with Gasteiger partial charge in [0, 0.05) is 13.0 Å². The van der Waals surface area contributed by atoms with Gasteiger partial charge in [0.05, 0.1) is 12.7 Å². The Morgan fingerprint density at radius 3 is 3.07 bits per heavy atom. The van der Waals surface area contributed by atoms with E-state index in [1.807, 2.05) is 0 Å². The van der Waals surface area contributed by atoms with Crippen molar-refractivity contribution >= 4 is 0 Å². The Bertz CT molecular complexity index is 185. The number of rotatable bonds is 4. The maximum absolute atomic E-state index is 9.48. The monoisotopic (exact) mass is 202 g/mol. The van der Waals surface area contributed by atoms with Gasteiger partial charge in [-0.25, -0.2) is 0 Å². The SMILES string of the molecule is CCCCOC1C[C@H]2OC[C@@H](O)[C@H]2O1. The molecule has 1 unspecified atom stereocenters. The lowest BCUT2D eigenvalue weighted by atomic mass is 10.1. The van der Waals surface area contributed by atoms with Crippen LogP contribution in [0.5, 0.6) is 0 Å². The van der Waals surface area contributed by atoms with Gasteiger partial charge in [0.25, 0.3) is 0 Å². The molecule has 0 spiro atoms. The van der Waals surface area contributed by atoms with E-state index in [4.69, 9.17) is 14.2 Å². The Hall–Kier alpha value is -0.160. The molecule has 4 atom stereocenters. The van der Waals surface area contributed by atoms with Gasteiger partial charge in [-0.1, -0.05) is 13.3 Å². The predicted molar refractivity (Wildman–Crippen MR) is 49.9 cm³/mol. The van der Waals surface area contributed by atoms with Gasteiger partial charge in [0.1, 0.15) is 12.2 Å². The molecule has 14 heavy (non-hydrogen) atoms. The highest BCUT2D eigenvalue weighted by Crippen LogP contribution is 2.31. The number of fused-ring (bicyclic) bond motifs is 1. The molecule has 4 nitrogen and oxygen atoms in total. The molecule has 2 aliphatic heterocycles. The zero-order valence-corrected chi connectivity index (χ0v) is 8.52. The third kappa shape index (κ3) is 2.08. The minimum absolute atomic E-state index is 0.0385. The molecule has 2 aliphatic rings. The van der Waals surface area contributed by atoms with Crippen LogP contribution in [-0.4, -0.2) is 42.9 Å². The summed E-state index contributed by atoms with van der Waals surface area (Å²) in [5.41, 5.74) is 0. The van der Waals surface area contributed by atoms with Crippen molar-refractivity contribution in [2.75, 3.05) is 13.2 Å². The van der Waals surface area contributed by atoms with Crippen LogP contribution in [-0.2, 0) is 14.2 Å². The van der Waals surface area contributed by atoms with E-state index in [1.165, 1.54) is 0 Å². The van der Waals surface area contributed by atoms with E-state index >= 15 is 0 Å². The molecule has 2 rings (SSSR count). The van der Waals surface area contributed by atoms with Gasteiger partial charge in [-0.15, -0.1) is 0 Å². The summed E-state index contributed by atoms with van der Waals surface area (Å²) in [7, 11) is 0. The molecule has 1 N–H and O–H groups in total. The average Bonchev–Trinajstić information content (AvgIpc) is 2.70. The molecule has 0 bridgehead atoms. The van der Waals surface area contributed by atoms with Crippen molar-refractivity contribution in [1.29, 1.82) is 0 Å². The fraction of sp³-hybridized carbons (Fsp3) is 1.00. The van der Waals surface area contributed by atoms with Crippen LogP contribution in [0.2, 0.25) is 0 Å². The Balaban J connectivity index is 1.72. The van der Waals surface area contributed by atoms with E-state index in [0.717, 1.165) is 25.9 Å². The Morgan fingerprint density at radius 2 is 2.36 bits per heavy atom. The Kier molecular flexibility index (Phi) is 3.38. The fourth-order valence-electron chi connectivity index (χ4n) is 1.93. The zero-order chi connectivity index (χ0) is 9.97. The lowest BCUT2D eigenvalue weighted by molar-refractivity contribution is -0.150. The Labute approximate surface area is 84.1 Å².